The van der Waals surface area contributed by atoms with Crippen LogP contribution in [0.3, 0.4) is 0 Å². The highest BCUT2D eigenvalue weighted by Crippen LogP contribution is 2.39. The molecule has 8 heteroatoms. The summed E-state index contributed by atoms with van der Waals surface area (Å²) in [5, 5.41) is 7.26. The molecule has 0 bridgehead atoms. The number of nitrogens with zero attached hydrogens (tertiary/aromatic N) is 3. The molecule has 0 saturated carbocycles. The van der Waals surface area contributed by atoms with Crippen molar-refractivity contribution < 1.29 is 18.4 Å². The number of aryl methyl sites for hydroxylation is 1. The zero-order valence-corrected chi connectivity index (χ0v) is 20.2. The van der Waals surface area contributed by atoms with E-state index in [0.717, 1.165) is 17.5 Å². The third-order valence-corrected chi connectivity index (χ3v) is 6.27. The number of amides is 2. The first-order valence-corrected chi connectivity index (χ1v) is 11.6. The van der Waals surface area contributed by atoms with Crippen molar-refractivity contribution in [3.8, 4) is 17.1 Å². The first-order valence-electron chi connectivity index (χ1n) is 11.6. The van der Waals surface area contributed by atoms with Crippen LogP contribution in [0.2, 0.25) is 0 Å². The molecule has 0 radical (unpaired) electrons. The highest BCUT2D eigenvalue weighted by Gasteiger charge is 2.36. The van der Waals surface area contributed by atoms with Crippen molar-refractivity contribution >= 4 is 17.3 Å². The normalized spacial score (nSPS) is 15.7. The molecule has 7 nitrogen and oxygen atoms in total. The molecule has 1 atom stereocenters. The number of allylic oxidation sites excluding steroid dienone is 1. The van der Waals surface area contributed by atoms with E-state index in [9.17, 15) is 9.18 Å². The lowest BCUT2D eigenvalue weighted by Crippen LogP contribution is -2.46. The van der Waals surface area contributed by atoms with E-state index >= 15 is 0 Å². The number of benzene rings is 3. The maximum Gasteiger partial charge on any atom is 0.326 e. The van der Waals surface area contributed by atoms with E-state index in [0.29, 0.717) is 28.5 Å². The van der Waals surface area contributed by atoms with Crippen LogP contribution in [0.4, 0.5) is 14.9 Å². The van der Waals surface area contributed by atoms with Gasteiger partial charge in [0, 0.05) is 11.3 Å². The Kier molecular flexibility index (Phi) is 6.25. The summed E-state index contributed by atoms with van der Waals surface area (Å²) >= 11 is 0. The molecule has 2 heterocycles. The van der Waals surface area contributed by atoms with Crippen molar-refractivity contribution in [2.24, 2.45) is 0 Å². The lowest BCUT2D eigenvalue weighted by molar-refractivity contribution is 0.244. The zero-order valence-electron chi connectivity index (χ0n) is 20.2. The Morgan fingerprint density at radius 1 is 1.08 bits per heavy atom. The van der Waals surface area contributed by atoms with Crippen LogP contribution in [0.15, 0.2) is 83.0 Å². The summed E-state index contributed by atoms with van der Waals surface area (Å²) in [5.74, 6) is 0.995. The van der Waals surface area contributed by atoms with Crippen LogP contribution in [-0.4, -0.2) is 23.3 Å². The minimum Gasteiger partial charge on any atom is -0.497 e. The third-order valence-electron chi connectivity index (χ3n) is 6.27. The molecule has 0 saturated heterocycles. The van der Waals surface area contributed by atoms with E-state index in [-0.39, 0.29) is 17.7 Å². The fourth-order valence-corrected chi connectivity index (χ4v) is 4.33. The summed E-state index contributed by atoms with van der Waals surface area (Å²) in [4.78, 5) is 19.4. The number of methoxy groups -OCH3 is 1. The van der Waals surface area contributed by atoms with Gasteiger partial charge in [-0.2, -0.15) is 4.98 Å². The molecule has 1 unspecified atom stereocenters. The van der Waals surface area contributed by atoms with E-state index in [1.165, 1.54) is 22.6 Å². The molecular weight excluding hydrogens is 459 g/mol. The zero-order chi connectivity index (χ0) is 25.2. The van der Waals surface area contributed by atoms with Gasteiger partial charge in [0.2, 0.25) is 5.82 Å². The third kappa shape index (κ3) is 4.33. The second-order valence-electron chi connectivity index (χ2n) is 8.44. The standard InChI is InChI=1S/C28H25FN4O3/c1-4-18-8-10-19(11-9-18)26-31-27(36-32-26)24-17(2)33(22-14-12-21(29)13-15-22)28(34)30-25(24)20-6-5-7-23(16-20)35-3/h5-16,25H,4H2,1-3H3,(H,30,34). The summed E-state index contributed by atoms with van der Waals surface area (Å²) in [7, 11) is 1.59. The van der Waals surface area contributed by atoms with E-state index < -0.39 is 6.04 Å². The Balaban J connectivity index is 1.63. The average Bonchev–Trinajstić information content (AvgIpc) is 3.39. The van der Waals surface area contributed by atoms with Gasteiger partial charge in [-0.05, 0) is 60.9 Å². The SMILES string of the molecule is CCc1ccc(-c2noc(C3=C(C)N(c4ccc(F)cc4)C(=O)NC3c3cccc(OC)c3)n2)cc1. The van der Waals surface area contributed by atoms with Crippen LogP contribution in [0.25, 0.3) is 17.0 Å². The van der Waals surface area contributed by atoms with Crippen molar-refractivity contribution in [1.82, 2.24) is 15.5 Å². The molecule has 0 fully saturated rings. The Hall–Kier alpha value is -4.46. The Morgan fingerprint density at radius 2 is 1.83 bits per heavy atom. The molecular formula is C28H25FN4O3. The second kappa shape index (κ2) is 9.65. The monoisotopic (exact) mass is 484 g/mol. The summed E-state index contributed by atoms with van der Waals surface area (Å²) in [6.45, 7) is 3.91. The van der Waals surface area contributed by atoms with Crippen LogP contribution in [-0.2, 0) is 6.42 Å². The first-order chi connectivity index (χ1) is 17.5. The van der Waals surface area contributed by atoms with Crippen LogP contribution >= 0.6 is 0 Å². The summed E-state index contributed by atoms with van der Waals surface area (Å²) in [6, 6.07) is 20.2. The molecule has 0 aliphatic carbocycles. The molecule has 4 aromatic rings. The van der Waals surface area contributed by atoms with Gasteiger partial charge in [0.1, 0.15) is 11.6 Å². The fraction of sp³-hybridized carbons (Fsp3) is 0.179. The number of carbonyl (C=O) groups is 1. The van der Waals surface area contributed by atoms with Crippen molar-refractivity contribution in [2.45, 2.75) is 26.3 Å². The summed E-state index contributed by atoms with van der Waals surface area (Å²) in [5.41, 5.74) is 4.58. The number of rotatable bonds is 6. The number of carbonyl (C=O) groups excluding carboxylic acids is 1. The van der Waals surface area contributed by atoms with Gasteiger partial charge in [-0.3, -0.25) is 4.90 Å². The molecule has 3 aromatic carbocycles. The van der Waals surface area contributed by atoms with Crippen LogP contribution in [0.5, 0.6) is 5.75 Å². The van der Waals surface area contributed by atoms with Gasteiger partial charge in [-0.25, -0.2) is 9.18 Å². The molecule has 1 aromatic heterocycles. The molecule has 1 N–H and O–H groups in total. The van der Waals surface area contributed by atoms with Gasteiger partial charge in [0.25, 0.3) is 5.89 Å². The predicted octanol–water partition coefficient (Wildman–Crippen LogP) is 6.15. The Labute approximate surface area is 208 Å². The van der Waals surface area contributed by atoms with Gasteiger partial charge < -0.3 is 14.6 Å². The van der Waals surface area contributed by atoms with Gasteiger partial charge in [-0.15, -0.1) is 0 Å². The molecule has 2 amide bonds. The second-order valence-corrected chi connectivity index (χ2v) is 8.44. The first kappa shape index (κ1) is 23.3. The highest BCUT2D eigenvalue weighted by molar-refractivity contribution is 6.01. The number of urea groups is 1. The topological polar surface area (TPSA) is 80.5 Å². The quantitative estimate of drug-likeness (QED) is 0.355. The summed E-state index contributed by atoms with van der Waals surface area (Å²) < 4.78 is 24.7. The van der Waals surface area contributed by atoms with Crippen molar-refractivity contribution in [3.05, 3.63) is 101 Å². The minimum absolute atomic E-state index is 0.280. The molecule has 182 valence electrons. The number of halogens is 1. The minimum atomic E-state index is -0.569. The van der Waals surface area contributed by atoms with Gasteiger partial charge in [0.15, 0.2) is 0 Å². The highest BCUT2D eigenvalue weighted by atomic mass is 19.1. The number of ether oxygens (including phenoxy) is 1. The van der Waals surface area contributed by atoms with E-state index in [4.69, 9.17) is 14.2 Å². The number of hydrogen-bond donors (Lipinski definition) is 1. The van der Waals surface area contributed by atoms with E-state index in [1.54, 1.807) is 19.2 Å². The predicted molar refractivity (Wildman–Crippen MR) is 135 cm³/mol. The largest absolute Gasteiger partial charge is 0.497 e. The van der Waals surface area contributed by atoms with Crippen molar-refractivity contribution in [2.75, 3.05) is 12.0 Å². The van der Waals surface area contributed by atoms with Crippen LogP contribution in [0, 0.1) is 5.82 Å². The van der Waals surface area contributed by atoms with Gasteiger partial charge in [-0.1, -0.05) is 48.5 Å². The number of hydrogen-bond acceptors (Lipinski definition) is 5. The molecule has 36 heavy (non-hydrogen) atoms. The van der Waals surface area contributed by atoms with E-state index in [1.807, 2.05) is 55.5 Å². The number of anilines is 1. The van der Waals surface area contributed by atoms with Gasteiger partial charge in [0.05, 0.1) is 24.4 Å². The molecule has 0 spiro atoms. The van der Waals surface area contributed by atoms with Gasteiger partial charge >= 0.3 is 6.03 Å². The van der Waals surface area contributed by atoms with E-state index in [2.05, 4.69) is 17.4 Å². The van der Waals surface area contributed by atoms with Crippen LogP contribution < -0.4 is 15.0 Å². The van der Waals surface area contributed by atoms with Crippen LogP contribution in [0.1, 0.15) is 36.9 Å². The lowest BCUT2D eigenvalue weighted by Gasteiger charge is -2.35. The maximum absolute atomic E-state index is 13.6. The molecule has 5 rings (SSSR count). The maximum atomic E-state index is 13.6. The summed E-state index contributed by atoms with van der Waals surface area (Å²) in [6.07, 6.45) is 0.936. The smallest absolute Gasteiger partial charge is 0.326 e. The van der Waals surface area contributed by atoms with Crippen molar-refractivity contribution in [3.63, 3.8) is 0 Å². The average molecular weight is 485 g/mol. The fourth-order valence-electron chi connectivity index (χ4n) is 4.33. The number of nitrogens with one attached hydrogen (secondary N) is 1. The Morgan fingerprint density at radius 3 is 2.53 bits per heavy atom. The molecule has 1 aliphatic heterocycles. The Bertz CT molecular complexity index is 1430. The molecule has 1 aliphatic rings. The van der Waals surface area contributed by atoms with Crippen molar-refractivity contribution in [1.29, 1.82) is 0 Å². The lowest BCUT2D eigenvalue weighted by atomic mass is 9.94. The number of aromatic nitrogens is 2.